The molecule has 2 aromatic carbocycles. The number of anilines is 1. The van der Waals surface area contributed by atoms with Crippen LogP contribution in [0.2, 0.25) is 0 Å². The Morgan fingerprint density at radius 3 is 2.03 bits per heavy atom. The van der Waals surface area contributed by atoms with Crippen molar-refractivity contribution < 1.29 is 14.9 Å². The van der Waals surface area contributed by atoms with Gasteiger partial charge in [0.25, 0.3) is 5.91 Å². The van der Waals surface area contributed by atoms with Gasteiger partial charge in [0.1, 0.15) is 6.04 Å². The van der Waals surface area contributed by atoms with E-state index in [9.17, 15) is 9.59 Å². The van der Waals surface area contributed by atoms with Gasteiger partial charge in [0, 0.05) is 17.2 Å². The number of carbonyl (C=O) groups excluding carboxylic acids is 2. The molecule has 0 spiro atoms. The van der Waals surface area contributed by atoms with Gasteiger partial charge in [-0.25, -0.2) is 0 Å². The van der Waals surface area contributed by atoms with E-state index in [1.54, 1.807) is 0 Å². The van der Waals surface area contributed by atoms with Crippen LogP contribution in [-0.2, 0) is 9.59 Å². The van der Waals surface area contributed by atoms with Gasteiger partial charge >= 0.3 is 0 Å². The molecule has 0 bridgehead atoms. The van der Waals surface area contributed by atoms with Crippen molar-refractivity contribution >= 4 is 17.5 Å². The van der Waals surface area contributed by atoms with Crippen LogP contribution in [0.15, 0.2) is 42.5 Å². The van der Waals surface area contributed by atoms with Gasteiger partial charge < -0.3 is 16.0 Å². The molecule has 2 rings (SSSR count). The predicted octanol–water partition coefficient (Wildman–Crippen LogP) is 3.83. The zero-order chi connectivity index (χ0) is 23.0. The summed E-state index contributed by atoms with van der Waals surface area (Å²) in [6.07, 6.45) is 1.12. The number of para-hydroxylation sites is 1. The molecule has 2 aromatic rings. The number of quaternary nitrogens is 1. The Balaban J connectivity index is 1.87. The Morgan fingerprint density at radius 2 is 1.48 bits per heavy atom. The summed E-state index contributed by atoms with van der Waals surface area (Å²) in [6, 6.07) is 14.8. The summed E-state index contributed by atoms with van der Waals surface area (Å²) in [5.74, 6) is 0.579. The molecule has 0 unspecified atom stereocenters. The Labute approximate surface area is 187 Å². The van der Waals surface area contributed by atoms with E-state index in [1.807, 2.05) is 32.0 Å². The smallest absolute Gasteiger partial charge is 0.275 e. The molecular formula is C26H38N3O2+. The first-order valence-corrected chi connectivity index (χ1v) is 11.3. The van der Waals surface area contributed by atoms with Gasteiger partial charge in [0.2, 0.25) is 5.91 Å². The largest absolute Gasteiger partial charge is 0.342 e. The van der Waals surface area contributed by atoms with Crippen LogP contribution in [0.5, 0.6) is 0 Å². The summed E-state index contributed by atoms with van der Waals surface area (Å²) in [7, 11) is 0. The molecule has 4 N–H and O–H groups in total. The molecule has 31 heavy (non-hydrogen) atoms. The summed E-state index contributed by atoms with van der Waals surface area (Å²) >= 11 is 0. The molecule has 5 heteroatoms. The van der Waals surface area contributed by atoms with Crippen molar-refractivity contribution in [3.63, 3.8) is 0 Å². The van der Waals surface area contributed by atoms with E-state index in [2.05, 4.69) is 67.9 Å². The number of nitrogens with one attached hydrogen (secondary N) is 2. The molecular weight excluding hydrogens is 386 g/mol. The predicted molar refractivity (Wildman–Crippen MR) is 127 cm³/mol. The van der Waals surface area contributed by atoms with Crippen LogP contribution in [-0.4, -0.2) is 24.9 Å². The molecule has 0 fully saturated rings. The zero-order valence-electron chi connectivity index (χ0n) is 19.8. The van der Waals surface area contributed by atoms with Crippen molar-refractivity contribution in [1.29, 1.82) is 0 Å². The van der Waals surface area contributed by atoms with E-state index in [4.69, 9.17) is 0 Å². The second kappa shape index (κ2) is 11.7. The van der Waals surface area contributed by atoms with Crippen molar-refractivity contribution in [2.45, 2.75) is 59.9 Å². The Bertz CT molecular complexity index is 854. The normalized spacial score (nSPS) is 13.0. The molecule has 2 amide bonds. The number of benzene rings is 2. The van der Waals surface area contributed by atoms with Crippen LogP contribution in [0, 0.1) is 19.8 Å². The second-order valence-corrected chi connectivity index (χ2v) is 8.78. The maximum atomic E-state index is 12.4. The lowest BCUT2D eigenvalue weighted by Crippen LogP contribution is -2.88. The summed E-state index contributed by atoms with van der Waals surface area (Å²) in [4.78, 5) is 24.6. The second-order valence-electron chi connectivity index (χ2n) is 8.78. The summed E-state index contributed by atoms with van der Waals surface area (Å²) < 4.78 is 0. The minimum Gasteiger partial charge on any atom is -0.342 e. The molecule has 2 atom stereocenters. The number of amides is 2. The molecule has 0 aliphatic heterocycles. The topological polar surface area (TPSA) is 74.8 Å². The molecule has 0 saturated carbocycles. The molecule has 0 aromatic heterocycles. The molecule has 5 nitrogen and oxygen atoms in total. The van der Waals surface area contributed by atoms with E-state index < -0.39 is 0 Å². The van der Waals surface area contributed by atoms with Crippen molar-refractivity contribution in [2.24, 2.45) is 5.92 Å². The number of hydrogen-bond donors (Lipinski definition) is 3. The monoisotopic (exact) mass is 424 g/mol. The van der Waals surface area contributed by atoms with Crippen LogP contribution >= 0.6 is 0 Å². The minimum absolute atomic E-state index is 0.0314. The highest BCUT2D eigenvalue weighted by molar-refractivity contribution is 5.95. The third-order valence-corrected chi connectivity index (χ3v) is 5.97. The van der Waals surface area contributed by atoms with Crippen LogP contribution in [0.4, 0.5) is 5.69 Å². The van der Waals surface area contributed by atoms with Crippen LogP contribution < -0.4 is 16.0 Å². The fraction of sp³-hybridized carbons (Fsp3) is 0.462. The summed E-state index contributed by atoms with van der Waals surface area (Å²) in [5, 5.41) is 7.69. The molecule has 0 radical (unpaired) electrons. The van der Waals surface area contributed by atoms with Gasteiger partial charge in [0.05, 0.1) is 6.54 Å². The van der Waals surface area contributed by atoms with E-state index in [-0.39, 0.29) is 30.9 Å². The van der Waals surface area contributed by atoms with Gasteiger partial charge in [-0.3, -0.25) is 9.59 Å². The lowest BCUT2D eigenvalue weighted by Gasteiger charge is -2.20. The summed E-state index contributed by atoms with van der Waals surface area (Å²) in [5.41, 5.74) is 5.40. The average Bonchev–Trinajstić information content (AvgIpc) is 2.74. The van der Waals surface area contributed by atoms with Crippen LogP contribution in [0.1, 0.15) is 68.3 Å². The summed E-state index contributed by atoms with van der Waals surface area (Å²) in [6.45, 7) is 12.9. The molecule has 0 aliphatic rings. The quantitative estimate of drug-likeness (QED) is 0.542. The molecule has 168 valence electrons. The Morgan fingerprint density at radius 1 is 0.903 bits per heavy atom. The minimum atomic E-state index is -0.216. The first-order valence-electron chi connectivity index (χ1n) is 11.3. The first kappa shape index (κ1) is 24.6. The van der Waals surface area contributed by atoms with Crippen molar-refractivity contribution in [2.75, 3.05) is 18.4 Å². The van der Waals surface area contributed by atoms with E-state index >= 15 is 0 Å². The molecule has 0 aliphatic carbocycles. The number of rotatable bonds is 10. The Hall–Kier alpha value is -2.66. The highest BCUT2D eigenvalue weighted by Crippen LogP contribution is 2.23. The van der Waals surface area contributed by atoms with E-state index in [1.165, 1.54) is 11.1 Å². The first-order chi connectivity index (χ1) is 14.7. The van der Waals surface area contributed by atoms with Gasteiger partial charge in [-0.05, 0) is 42.9 Å². The molecule has 0 heterocycles. The van der Waals surface area contributed by atoms with Gasteiger partial charge in [-0.2, -0.15) is 0 Å². The van der Waals surface area contributed by atoms with Gasteiger partial charge in [0.15, 0.2) is 6.54 Å². The number of aryl methyl sites for hydroxylation is 2. The van der Waals surface area contributed by atoms with Crippen LogP contribution in [0.3, 0.4) is 0 Å². The number of nitrogens with two attached hydrogens (primary N) is 1. The standard InChI is InChI=1S/C26H37N3O2/c1-7-18(4)21-11-13-22(14-12-21)25(17(2)3)28-15-23(30)27-16-24(31)29-26-19(5)9-8-10-20(26)6/h8-14,17-18,25,28H,7,15-16H2,1-6H3,(H,27,30)(H,29,31)/p+1/t18-,25+/m1/s1. The lowest BCUT2D eigenvalue weighted by atomic mass is 9.92. The lowest BCUT2D eigenvalue weighted by molar-refractivity contribution is -0.692. The van der Waals surface area contributed by atoms with Crippen LogP contribution in [0.25, 0.3) is 0 Å². The van der Waals surface area contributed by atoms with Crippen molar-refractivity contribution in [3.8, 4) is 0 Å². The van der Waals surface area contributed by atoms with Gasteiger partial charge in [-0.15, -0.1) is 0 Å². The number of hydrogen-bond acceptors (Lipinski definition) is 2. The van der Waals surface area contributed by atoms with Crippen molar-refractivity contribution in [1.82, 2.24) is 5.32 Å². The van der Waals surface area contributed by atoms with Gasteiger partial charge in [-0.1, -0.05) is 70.2 Å². The van der Waals surface area contributed by atoms with E-state index in [0.717, 1.165) is 23.2 Å². The SMILES string of the molecule is CC[C@@H](C)c1ccc([C@@H]([NH2+]CC(=O)NCC(=O)Nc2c(C)cccc2C)C(C)C)cc1. The third-order valence-electron chi connectivity index (χ3n) is 5.97. The Kier molecular flexibility index (Phi) is 9.25. The zero-order valence-corrected chi connectivity index (χ0v) is 19.8. The average molecular weight is 425 g/mol. The molecule has 0 saturated heterocycles. The fourth-order valence-corrected chi connectivity index (χ4v) is 3.76. The fourth-order valence-electron chi connectivity index (χ4n) is 3.76. The highest BCUT2D eigenvalue weighted by Gasteiger charge is 2.21. The third kappa shape index (κ3) is 7.21. The number of carbonyl (C=O) groups is 2. The van der Waals surface area contributed by atoms with E-state index in [0.29, 0.717) is 11.8 Å². The maximum Gasteiger partial charge on any atom is 0.275 e. The van der Waals surface area contributed by atoms with Crippen molar-refractivity contribution in [3.05, 3.63) is 64.7 Å². The maximum absolute atomic E-state index is 12.4. The highest BCUT2D eigenvalue weighted by atomic mass is 16.2.